The van der Waals surface area contributed by atoms with Gasteiger partial charge in [0.25, 0.3) is 0 Å². The van der Waals surface area contributed by atoms with Gasteiger partial charge in [0.05, 0.1) is 5.56 Å². The first-order valence-electron chi connectivity index (χ1n) is 6.95. The second kappa shape index (κ2) is 5.33. The van der Waals surface area contributed by atoms with Crippen LogP contribution in [-0.4, -0.2) is 45.5 Å². The second-order valence-electron chi connectivity index (χ2n) is 5.52. The molecule has 21 heavy (non-hydrogen) atoms. The molecule has 0 aliphatic carbocycles. The molecular weight excluding hydrogens is 273 g/mol. The van der Waals surface area contributed by atoms with E-state index in [9.17, 15) is 9.50 Å². The van der Waals surface area contributed by atoms with Crippen molar-refractivity contribution in [2.45, 2.75) is 25.9 Å². The molecule has 1 aliphatic heterocycles. The number of benzene rings is 1. The number of halogens is 1. The molecule has 3 rings (SSSR count). The fourth-order valence-corrected chi connectivity index (χ4v) is 2.70. The van der Waals surface area contributed by atoms with Gasteiger partial charge in [-0.05, 0) is 32.0 Å². The van der Waals surface area contributed by atoms with E-state index >= 15 is 0 Å². The molecule has 2 atom stereocenters. The van der Waals surface area contributed by atoms with Crippen LogP contribution in [0.1, 0.15) is 13.8 Å². The van der Waals surface area contributed by atoms with Gasteiger partial charge in [0.1, 0.15) is 11.6 Å². The van der Waals surface area contributed by atoms with Crippen molar-refractivity contribution in [2.75, 3.05) is 18.0 Å². The number of rotatable bonds is 2. The molecule has 1 aromatic heterocycles. The summed E-state index contributed by atoms with van der Waals surface area (Å²) < 4.78 is 13.3. The Morgan fingerprint density at radius 3 is 2.71 bits per heavy atom. The minimum Gasteiger partial charge on any atom is -0.507 e. The summed E-state index contributed by atoms with van der Waals surface area (Å²) in [6, 6.07) is 4.44. The van der Waals surface area contributed by atoms with Gasteiger partial charge in [0, 0.05) is 25.2 Å². The summed E-state index contributed by atoms with van der Waals surface area (Å²) >= 11 is 0. The first kappa shape index (κ1) is 13.8. The van der Waals surface area contributed by atoms with E-state index in [2.05, 4.69) is 39.2 Å². The second-order valence-corrected chi connectivity index (χ2v) is 5.52. The third-order valence-electron chi connectivity index (χ3n) is 3.53. The van der Waals surface area contributed by atoms with Gasteiger partial charge < -0.3 is 15.3 Å². The Morgan fingerprint density at radius 1 is 1.29 bits per heavy atom. The van der Waals surface area contributed by atoms with E-state index in [1.54, 1.807) is 0 Å². The summed E-state index contributed by atoms with van der Waals surface area (Å²) in [4.78, 5) is 6.45. The van der Waals surface area contributed by atoms with Crippen molar-refractivity contribution in [3.8, 4) is 17.1 Å². The molecule has 0 radical (unpaired) electrons. The molecule has 1 fully saturated rings. The van der Waals surface area contributed by atoms with Crippen LogP contribution in [0.4, 0.5) is 10.3 Å². The third-order valence-corrected chi connectivity index (χ3v) is 3.53. The van der Waals surface area contributed by atoms with Crippen LogP contribution in [0.2, 0.25) is 0 Å². The van der Waals surface area contributed by atoms with Crippen molar-refractivity contribution < 1.29 is 9.50 Å². The lowest BCUT2D eigenvalue weighted by atomic mass is 10.1. The lowest BCUT2D eigenvalue weighted by Crippen LogP contribution is -2.54. The minimum atomic E-state index is -0.426. The monoisotopic (exact) mass is 291 g/mol. The van der Waals surface area contributed by atoms with Crippen molar-refractivity contribution in [1.29, 1.82) is 0 Å². The zero-order chi connectivity index (χ0) is 15.0. The number of aromatic amines is 1. The molecular formula is C14H18FN5O. The van der Waals surface area contributed by atoms with E-state index in [0.717, 1.165) is 13.1 Å². The number of nitrogens with one attached hydrogen (secondary N) is 2. The first-order valence-corrected chi connectivity index (χ1v) is 6.95. The van der Waals surface area contributed by atoms with Crippen LogP contribution in [0.5, 0.6) is 5.75 Å². The average Bonchev–Trinajstić information content (AvgIpc) is 2.90. The van der Waals surface area contributed by atoms with Crippen LogP contribution >= 0.6 is 0 Å². The van der Waals surface area contributed by atoms with E-state index in [0.29, 0.717) is 29.4 Å². The maximum atomic E-state index is 13.3. The van der Waals surface area contributed by atoms with E-state index < -0.39 is 5.82 Å². The van der Waals surface area contributed by atoms with Gasteiger partial charge in [0.2, 0.25) is 5.95 Å². The molecule has 2 unspecified atom stereocenters. The number of piperazine rings is 1. The number of aromatic nitrogens is 3. The Morgan fingerprint density at radius 2 is 2.00 bits per heavy atom. The first-order chi connectivity index (χ1) is 10.0. The number of phenolic OH excluding ortho intramolecular Hbond substituents is 1. The minimum absolute atomic E-state index is 0.0267. The van der Waals surface area contributed by atoms with Gasteiger partial charge in [0.15, 0.2) is 5.82 Å². The van der Waals surface area contributed by atoms with Gasteiger partial charge in [-0.15, -0.1) is 5.10 Å². The number of anilines is 1. The largest absolute Gasteiger partial charge is 0.507 e. The van der Waals surface area contributed by atoms with Crippen LogP contribution in [-0.2, 0) is 0 Å². The normalized spacial score (nSPS) is 22.5. The van der Waals surface area contributed by atoms with E-state index in [1.165, 1.54) is 18.2 Å². The number of H-pyrrole nitrogens is 1. The molecule has 0 saturated carbocycles. The third kappa shape index (κ3) is 2.82. The smallest absolute Gasteiger partial charge is 0.245 e. The van der Waals surface area contributed by atoms with E-state index in [1.807, 2.05) is 0 Å². The molecule has 0 spiro atoms. The predicted octanol–water partition coefficient (Wildman–Crippen LogP) is 1.50. The summed E-state index contributed by atoms with van der Waals surface area (Å²) in [6.45, 7) is 5.82. The van der Waals surface area contributed by atoms with Gasteiger partial charge in [-0.3, -0.25) is 5.10 Å². The van der Waals surface area contributed by atoms with Crippen LogP contribution in [0.25, 0.3) is 11.4 Å². The summed E-state index contributed by atoms with van der Waals surface area (Å²) in [5.74, 6) is 0.473. The quantitative estimate of drug-likeness (QED) is 0.781. The molecule has 7 heteroatoms. The molecule has 2 heterocycles. The molecule has 112 valence electrons. The molecule has 0 bridgehead atoms. The van der Waals surface area contributed by atoms with Crippen molar-refractivity contribution in [2.24, 2.45) is 0 Å². The Bertz CT molecular complexity index is 634. The highest BCUT2D eigenvalue weighted by Crippen LogP contribution is 2.28. The fraction of sp³-hybridized carbons (Fsp3) is 0.429. The topological polar surface area (TPSA) is 77.1 Å². The number of nitrogens with zero attached hydrogens (tertiary/aromatic N) is 3. The molecule has 2 aromatic rings. The van der Waals surface area contributed by atoms with E-state index in [-0.39, 0.29) is 5.75 Å². The number of hydrogen-bond acceptors (Lipinski definition) is 5. The summed E-state index contributed by atoms with van der Waals surface area (Å²) in [5, 5.41) is 20.2. The standard InChI is InChI=1S/C14H18FN5O/c1-8-6-20(7-9(2)16-8)14-17-13(18-19-14)11-5-10(15)3-4-12(11)21/h3-5,8-9,16,21H,6-7H2,1-2H3,(H,17,18,19). The molecule has 6 nitrogen and oxygen atoms in total. The zero-order valence-corrected chi connectivity index (χ0v) is 12.0. The van der Waals surface area contributed by atoms with Crippen LogP contribution in [0.15, 0.2) is 18.2 Å². The maximum Gasteiger partial charge on any atom is 0.245 e. The van der Waals surface area contributed by atoms with Crippen LogP contribution < -0.4 is 10.2 Å². The van der Waals surface area contributed by atoms with Gasteiger partial charge in [-0.25, -0.2) is 4.39 Å². The highest BCUT2D eigenvalue weighted by atomic mass is 19.1. The van der Waals surface area contributed by atoms with Gasteiger partial charge >= 0.3 is 0 Å². The van der Waals surface area contributed by atoms with E-state index in [4.69, 9.17) is 0 Å². The molecule has 1 aliphatic rings. The van der Waals surface area contributed by atoms with Crippen molar-refractivity contribution in [3.63, 3.8) is 0 Å². The Hall–Kier alpha value is -2.15. The van der Waals surface area contributed by atoms with Gasteiger partial charge in [-0.2, -0.15) is 4.98 Å². The molecule has 3 N–H and O–H groups in total. The van der Waals surface area contributed by atoms with Crippen molar-refractivity contribution in [1.82, 2.24) is 20.5 Å². The lowest BCUT2D eigenvalue weighted by molar-refractivity contribution is 0.403. The maximum absolute atomic E-state index is 13.3. The molecule has 1 saturated heterocycles. The molecule has 1 aromatic carbocycles. The zero-order valence-electron chi connectivity index (χ0n) is 12.0. The Kier molecular flexibility index (Phi) is 3.50. The van der Waals surface area contributed by atoms with Crippen LogP contribution in [0.3, 0.4) is 0 Å². The number of hydrogen-bond donors (Lipinski definition) is 3. The summed E-state index contributed by atoms with van der Waals surface area (Å²) in [6.07, 6.45) is 0. The lowest BCUT2D eigenvalue weighted by Gasteiger charge is -2.35. The highest BCUT2D eigenvalue weighted by molar-refractivity contribution is 5.64. The Balaban J connectivity index is 1.88. The fourth-order valence-electron chi connectivity index (χ4n) is 2.70. The summed E-state index contributed by atoms with van der Waals surface area (Å²) in [5.41, 5.74) is 0.310. The number of aromatic hydroxyl groups is 1. The van der Waals surface area contributed by atoms with Crippen molar-refractivity contribution in [3.05, 3.63) is 24.0 Å². The average molecular weight is 291 g/mol. The highest BCUT2D eigenvalue weighted by Gasteiger charge is 2.24. The summed E-state index contributed by atoms with van der Waals surface area (Å²) in [7, 11) is 0. The predicted molar refractivity (Wildman–Crippen MR) is 77.7 cm³/mol. The Labute approximate surface area is 122 Å². The van der Waals surface area contributed by atoms with Crippen molar-refractivity contribution >= 4 is 5.95 Å². The SMILES string of the molecule is CC1CN(c2n[nH]c(-c3cc(F)ccc3O)n2)CC(C)N1. The number of phenols is 1. The molecule has 0 amide bonds. The van der Waals surface area contributed by atoms with Crippen LogP contribution in [0, 0.1) is 5.82 Å². The van der Waals surface area contributed by atoms with Gasteiger partial charge in [-0.1, -0.05) is 0 Å².